The minimum atomic E-state index is -3.48. The Balaban J connectivity index is 2.18. The van der Waals surface area contributed by atoms with Crippen molar-refractivity contribution in [2.45, 2.75) is 26.3 Å². The third-order valence-corrected chi connectivity index (χ3v) is 5.55. The molecule has 1 aliphatic rings. The van der Waals surface area contributed by atoms with Crippen LogP contribution in [0.25, 0.3) is 0 Å². The molecule has 1 N–H and O–H groups in total. The zero-order valence-corrected chi connectivity index (χ0v) is 12.6. The molecule has 0 radical (unpaired) electrons. The van der Waals surface area contributed by atoms with Gasteiger partial charge in [0.15, 0.2) is 0 Å². The summed E-state index contributed by atoms with van der Waals surface area (Å²) in [5, 5.41) is 9.06. The topological polar surface area (TPSA) is 60.9 Å². The van der Waals surface area contributed by atoms with Gasteiger partial charge >= 0.3 is 0 Å². The Bertz CT molecular complexity index is 539. The summed E-state index contributed by atoms with van der Waals surface area (Å²) in [6, 6.07) is 7.95. The molecule has 1 aliphatic heterocycles. The van der Waals surface area contributed by atoms with Crippen LogP contribution in [0.2, 0.25) is 0 Å². The first-order chi connectivity index (χ1) is 9.59. The summed E-state index contributed by atoms with van der Waals surface area (Å²) in [6.07, 6.45) is 1.48. The standard InChI is InChI=1S/C14H22N2O3S/c1-2-8-15(10-11-17)20(18,19)16-9-7-13-5-3-4-6-14(13)12-16/h3-6,17H,2,7-12H2,1H3. The van der Waals surface area contributed by atoms with Crippen LogP contribution in [0.5, 0.6) is 0 Å². The van der Waals surface area contributed by atoms with Crippen LogP contribution in [0.4, 0.5) is 0 Å². The Morgan fingerprint density at radius 3 is 2.60 bits per heavy atom. The SMILES string of the molecule is CCCN(CCO)S(=O)(=O)N1CCc2ccccc2C1. The predicted molar refractivity (Wildman–Crippen MR) is 78.4 cm³/mol. The molecule has 0 fully saturated rings. The van der Waals surface area contributed by atoms with E-state index in [-0.39, 0.29) is 13.2 Å². The lowest BCUT2D eigenvalue weighted by Gasteiger charge is -2.32. The third kappa shape index (κ3) is 3.20. The molecule has 5 nitrogen and oxygen atoms in total. The molecule has 2 rings (SSSR count). The smallest absolute Gasteiger partial charge is 0.282 e. The van der Waals surface area contributed by atoms with Crippen LogP contribution < -0.4 is 0 Å². The molecule has 1 aromatic carbocycles. The molecule has 20 heavy (non-hydrogen) atoms. The summed E-state index contributed by atoms with van der Waals surface area (Å²) in [6.45, 7) is 3.32. The van der Waals surface area contributed by atoms with E-state index in [0.717, 1.165) is 18.4 Å². The van der Waals surface area contributed by atoms with Crippen molar-refractivity contribution in [2.24, 2.45) is 0 Å². The van der Waals surface area contributed by atoms with Crippen LogP contribution in [0.3, 0.4) is 0 Å². The molecular formula is C14H22N2O3S. The quantitative estimate of drug-likeness (QED) is 0.852. The largest absolute Gasteiger partial charge is 0.395 e. The summed E-state index contributed by atoms with van der Waals surface area (Å²) in [5.74, 6) is 0. The first-order valence-electron chi connectivity index (χ1n) is 7.02. The number of aliphatic hydroxyl groups excluding tert-OH is 1. The van der Waals surface area contributed by atoms with Crippen LogP contribution in [-0.4, -0.2) is 48.4 Å². The van der Waals surface area contributed by atoms with Crippen molar-refractivity contribution < 1.29 is 13.5 Å². The highest BCUT2D eigenvalue weighted by molar-refractivity contribution is 7.86. The molecule has 0 aromatic heterocycles. The van der Waals surface area contributed by atoms with Crippen molar-refractivity contribution in [1.82, 2.24) is 8.61 Å². The lowest BCUT2D eigenvalue weighted by molar-refractivity contribution is 0.241. The van der Waals surface area contributed by atoms with E-state index in [1.165, 1.54) is 14.2 Å². The number of rotatable bonds is 6. The fraction of sp³-hybridized carbons (Fsp3) is 0.571. The van der Waals surface area contributed by atoms with Crippen molar-refractivity contribution in [3.8, 4) is 0 Å². The fourth-order valence-electron chi connectivity index (χ4n) is 2.53. The van der Waals surface area contributed by atoms with E-state index in [1.54, 1.807) is 0 Å². The molecule has 6 heteroatoms. The first-order valence-corrected chi connectivity index (χ1v) is 8.42. The van der Waals surface area contributed by atoms with E-state index in [2.05, 4.69) is 6.07 Å². The highest BCUT2D eigenvalue weighted by Gasteiger charge is 2.31. The van der Waals surface area contributed by atoms with Crippen molar-refractivity contribution in [3.63, 3.8) is 0 Å². The molecule has 0 aliphatic carbocycles. The molecule has 0 unspecified atom stereocenters. The molecule has 0 spiro atoms. The van der Waals surface area contributed by atoms with Crippen molar-refractivity contribution >= 4 is 10.2 Å². The van der Waals surface area contributed by atoms with Gasteiger partial charge in [0.25, 0.3) is 10.2 Å². The number of hydrogen-bond acceptors (Lipinski definition) is 3. The highest BCUT2D eigenvalue weighted by atomic mass is 32.2. The van der Waals surface area contributed by atoms with E-state index >= 15 is 0 Å². The van der Waals surface area contributed by atoms with Gasteiger partial charge in [-0.1, -0.05) is 31.2 Å². The Morgan fingerprint density at radius 1 is 1.25 bits per heavy atom. The van der Waals surface area contributed by atoms with Gasteiger partial charge in [0.2, 0.25) is 0 Å². The normalized spacial score (nSPS) is 16.4. The summed E-state index contributed by atoms with van der Waals surface area (Å²) in [4.78, 5) is 0. The Kier molecular flexibility index (Phi) is 5.15. The summed E-state index contributed by atoms with van der Waals surface area (Å²) < 4.78 is 28.1. The maximum atomic E-state index is 12.6. The monoisotopic (exact) mass is 298 g/mol. The van der Waals surface area contributed by atoms with Gasteiger partial charge in [-0.25, -0.2) is 0 Å². The van der Waals surface area contributed by atoms with Gasteiger partial charge < -0.3 is 5.11 Å². The van der Waals surface area contributed by atoms with Crippen LogP contribution in [0.1, 0.15) is 24.5 Å². The minimum absolute atomic E-state index is 0.149. The van der Waals surface area contributed by atoms with Gasteiger partial charge in [0.1, 0.15) is 0 Å². The number of fused-ring (bicyclic) bond motifs is 1. The van der Waals surface area contributed by atoms with Crippen molar-refractivity contribution in [1.29, 1.82) is 0 Å². The summed E-state index contributed by atoms with van der Waals surface area (Å²) >= 11 is 0. The molecule has 0 atom stereocenters. The molecule has 0 amide bonds. The maximum Gasteiger partial charge on any atom is 0.282 e. The number of benzene rings is 1. The molecule has 0 saturated heterocycles. The predicted octanol–water partition coefficient (Wildman–Crippen LogP) is 0.994. The number of aliphatic hydroxyl groups is 1. The zero-order chi connectivity index (χ0) is 14.6. The summed E-state index contributed by atoms with van der Waals surface area (Å²) in [5.41, 5.74) is 2.30. The summed E-state index contributed by atoms with van der Waals surface area (Å²) in [7, 11) is -3.48. The average molecular weight is 298 g/mol. The van der Waals surface area contributed by atoms with Gasteiger partial charge in [-0.05, 0) is 24.0 Å². The van der Waals surface area contributed by atoms with E-state index in [1.807, 2.05) is 25.1 Å². The van der Waals surface area contributed by atoms with E-state index in [0.29, 0.717) is 19.6 Å². The second-order valence-corrected chi connectivity index (χ2v) is 6.91. The van der Waals surface area contributed by atoms with Gasteiger partial charge in [-0.3, -0.25) is 0 Å². The zero-order valence-electron chi connectivity index (χ0n) is 11.8. The van der Waals surface area contributed by atoms with E-state index in [9.17, 15) is 8.42 Å². The van der Waals surface area contributed by atoms with E-state index in [4.69, 9.17) is 5.11 Å². The second kappa shape index (κ2) is 6.67. The highest BCUT2D eigenvalue weighted by Crippen LogP contribution is 2.22. The van der Waals surface area contributed by atoms with Gasteiger partial charge in [-0.2, -0.15) is 17.0 Å². The molecule has 0 bridgehead atoms. The lowest BCUT2D eigenvalue weighted by Crippen LogP contribution is -2.47. The number of nitrogens with zero attached hydrogens (tertiary/aromatic N) is 2. The molecule has 1 heterocycles. The average Bonchev–Trinajstić information content (AvgIpc) is 2.46. The van der Waals surface area contributed by atoms with Crippen LogP contribution >= 0.6 is 0 Å². The molecule has 1 aromatic rings. The Morgan fingerprint density at radius 2 is 1.95 bits per heavy atom. The van der Waals surface area contributed by atoms with Gasteiger partial charge in [-0.15, -0.1) is 0 Å². The molecule has 112 valence electrons. The molecule has 0 saturated carbocycles. The molecular weight excluding hydrogens is 276 g/mol. The lowest BCUT2D eigenvalue weighted by atomic mass is 10.0. The Hall–Kier alpha value is -0.950. The Labute approximate surface area is 121 Å². The third-order valence-electron chi connectivity index (χ3n) is 3.57. The van der Waals surface area contributed by atoms with Crippen molar-refractivity contribution in [2.75, 3.05) is 26.2 Å². The van der Waals surface area contributed by atoms with E-state index < -0.39 is 10.2 Å². The minimum Gasteiger partial charge on any atom is -0.395 e. The fourth-order valence-corrected chi connectivity index (χ4v) is 4.21. The van der Waals surface area contributed by atoms with Crippen molar-refractivity contribution in [3.05, 3.63) is 35.4 Å². The number of hydrogen-bond donors (Lipinski definition) is 1. The first kappa shape index (κ1) is 15.4. The van der Waals surface area contributed by atoms with Crippen LogP contribution in [0.15, 0.2) is 24.3 Å². The van der Waals surface area contributed by atoms with Crippen LogP contribution in [-0.2, 0) is 23.2 Å². The second-order valence-electron chi connectivity index (χ2n) is 4.98. The van der Waals surface area contributed by atoms with Gasteiger partial charge in [0, 0.05) is 26.2 Å². The van der Waals surface area contributed by atoms with Gasteiger partial charge in [0.05, 0.1) is 6.61 Å². The maximum absolute atomic E-state index is 12.6. The van der Waals surface area contributed by atoms with Crippen LogP contribution in [0, 0.1) is 0 Å².